The van der Waals surface area contributed by atoms with Gasteiger partial charge in [-0.1, -0.05) is 59.3 Å². The number of unbranched alkanes of at least 4 members (excludes halogenated alkanes) is 4. The average molecular weight is 354 g/mol. The fourth-order valence-corrected chi connectivity index (χ4v) is 2.65. The average Bonchev–Trinajstić information content (AvgIpc) is 2.61. The van der Waals surface area contributed by atoms with Crippen molar-refractivity contribution in [3.8, 4) is 0 Å². The van der Waals surface area contributed by atoms with Crippen LogP contribution in [0.4, 0.5) is 0 Å². The Morgan fingerprint density at radius 1 is 0.880 bits per heavy atom. The third-order valence-electron chi connectivity index (χ3n) is 4.36. The van der Waals surface area contributed by atoms with Crippen LogP contribution in [0.3, 0.4) is 0 Å². The Morgan fingerprint density at radius 2 is 1.52 bits per heavy atom. The van der Waals surface area contributed by atoms with Crippen LogP contribution in [0.15, 0.2) is 0 Å². The maximum Gasteiger partial charge on any atom is 0.267 e. The molecule has 0 aromatic heterocycles. The van der Waals surface area contributed by atoms with Crippen molar-refractivity contribution < 1.29 is 19.2 Å². The zero-order valence-corrected chi connectivity index (χ0v) is 15.9. The molecule has 25 heavy (non-hydrogen) atoms. The minimum Gasteiger partial charge on any atom is -0.348 e. The van der Waals surface area contributed by atoms with E-state index in [-0.39, 0.29) is 11.8 Å². The summed E-state index contributed by atoms with van der Waals surface area (Å²) < 4.78 is 0. The van der Waals surface area contributed by atoms with E-state index in [1.165, 1.54) is 19.3 Å². The van der Waals surface area contributed by atoms with Crippen LogP contribution in [0.25, 0.3) is 0 Å². The summed E-state index contributed by atoms with van der Waals surface area (Å²) in [5.74, 6) is -3.28. The zero-order valence-electron chi connectivity index (χ0n) is 15.9. The molecule has 0 aliphatic carbocycles. The lowest BCUT2D eigenvalue weighted by Crippen LogP contribution is -2.43. The number of amides is 1. The van der Waals surface area contributed by atoms with E-state index in [0.717, 1.165) is 19.3 Å². The molecular weight excluding hydrogens is 320 g/mol. The highest BCUT2D eigenvalue weighted by Crippen LogP contribution is 2.15. The number of nitrogens with two attached hydrogens (primary N) is 1. The number of hydrogen-bond donors (Lipinski definition) is 2. The van der Waals surface area contributed by atoms with Crippen molar-refractivity contribution in [2.75, 3.05) is 6.54 Å². The van der Waals surface area contributed by atoms with Crippen molar-refractivity contribution in [2.45, 2.75) is 84.6 Å². The van der Waals surface area contributed by atoms with Crippen LogP contribution in [-0.4, -0.2) is 35.8 Å². The van der Waals surface area contributed by atoms with Gasteiger partial charge in [0.05, 0.1) is 12.6 Å². The van der Waals surface area contributed by atoms with Crippen molar-refractivity contribution in [1.29, 1.82) is 0 Å². The minimum absolute atomic E-state index is 0.164. The summed E-state index contributed by atoms with van der Waals surface area (Å²) in [4.78, 5) is 47.4. The molecule has 6 nitrogen and oxygen atoms in total. The summed E-state index contributed by atoms with van der Waals surface area (Å²) >= 11 is 0. The summed E-state index contributed by atoms with van der Waals surface area (Å²) in [5.41, 5.74) is 5.57. The lowest BCUT2D eigenvalue weighted by molar-refractivity contribution is -0.144. The molecule has 0 heterocycles. The van der Waals surface area contributed by atoms with Crippen molar-refractivity contribution in [1.82, 2.24) is 5.32 Å². The smallest absolute Gasteiger partial charge is 0.267 e. The van der Waals surface area contributed by atoms with E-state index in [1.54, 1.807) is 0 Å². The first-order chi connectivity index (χ1) is 11.9. The lowest BCUT2D eigenvalue weighted by Gasteiger charge is -2.14. The molecule has 0 aromatic carbocycles. The topological polar surface area (TPSA) is 106 Å². The third-order valence-corrected chi connectivity index (χ3v) is 4.36. The van der Waals surface area contributed by atoms with E-state index in [9.17, 15) is 19.2 Å². The van der Waals surface area contributed by atoms with Crippen LogP contribution >= 0.6 is 0 Å². The Kier molecular flexibility index (Phi) is 12.8. The summed E-state index contributed by atoms with van der Waals surface area (Å²) in [6, 6.07) is -0.941. The maximum absolute atomic E-state index is 12.1. The van der Waals surface area contributed by atoms with Crippen LogP contribution < -0.4 is 11.1 Å². The summed E-state index contributed by atoms with van der Waals surface area (Å²) in [6.07, 6.45) is 8.09. The van der Waals surface area contributed by atoms with Gasteiger partial charge in [0.2, 0.25) is 17.5 Å². The summed E-state index contributed by atoms with van der Waals surface area (Å²) in [7, 11) is 0. The van der Waals surface area contributed by atoms with Crippen LogP contribution in [0, 0.1) is 5.92 Å². The molecule has 0 aromatic rings. The van der Waals surface area contributed by atoms with Gasteiger partial charge in [-0.25, -0.2) is 0 Å². The van der Waals surface area contributed by atoms with E-state index in [4.69, 9.17) is 5.73 Å². The van der Waals surface area contributed by atoms with E-state index in [2.05, 4.69) is 12.2 Å². The Bertz CT molecular complexity index is 449. The Balaban J connectivity index is 4.29. The SMILES string of the molecule is CCCCCCCC(CC)C(=O)NCC(=O)C(=O)C(=O)C(N)CCC. The number of ketones is 3. The van der Waals surface area contributed by atoms with Gasteiger partial charge in [0, 0.05) is 5.92 Å². The molecule has 0 radical (unpaired) electrons. The molecule has 0 saturated carbocycles. The molecule has 0 aliphatic heterocycles. The fraction of sp³-hybridized carbons (Fsp3) is 0.789. The molecule has 0 rings (SSSR count). The van der Waals surface area contributed by atoms with Crippen LogP contribution in [-0.2, 0) is 19.2 Å². The van der Waals surface area contributed by atoms with E-state index >= 15 is 0 Å². The van der Waals surface area contributed by atoms with Crippen molar-refractivity contribution in [3.63, 3.8) is 0 Å². The highest BCUT2D eigenvalue weighted by atomic mass is 16.2. The molecule has 0 fully saturated rings. The van der Waals surface area contributed by atoms with Crippen LogP contribution in [0.2, 0.25) is 0 Å². The number of hydrogen-bond acceptors (Lipinski definition) is 5. The highest BCUT2D eigenvalue weighted by Gasteiger charge is 2.27. The second kappa shape index (κ2) is 13.7. The molecular formula is C19H34N2O4. The number of rotatable bonds is 15. The zero-order chi connectivity index (χ0) is 19.2. The Labute approximate surface area is 151 Å². The molecule has 144 valence electrons. The molecule has 0 saturated heterocycles. The molecule has 3 N–H and O–H groups in total. The van der Waals surface area contributed by atoms with E-state index in [0.29, 0.717) is 19.3 Å². The van der Waals surface area contributed by atoms with Gasteiger partial charge < -0.3 is 11.1 Å². The Morgan fingerprint density at radius 3 is 2.08 bits per heavy atom. The molecule has 0 spiro atoms. The number of carbonyl (C=O) groups excluding carboxylic acids is 4. The van der Waals surface area contributed by atoms with Crippen molar-refractivity contribution >= 4 is 23.3 Å². The second-order valence-electron chi connectivity index (χ2n) is 6.54. The van der Waals surface area contributed by atoms with Gasteiger partial charge in [0.15, 0.2) is 0 Å². The number of nitrogens with one attached hydrogen (secondary N) is 1. The summed E-state index contributed by atoms with van der Waals surface area (Å²) in [5, 5.41) is 2.49. The maximum atomic E-state index is 12.1. The normalized spacial score (nSPS) is 13.1. The van der Waals surface area contributed by atoms with Gasteiger partial charge in [-0.2, -0.15) is 0 Å². The predicted octanol–water partition coefficient (Wildman–Crippen LogP) is 2.32. The van der Waals surface area contributed by atoms with Gasteiger partial charge >= 0.3 is 0 Å². The van der Waals surface area contributed by atoms with Gasteiger partial charge in [0.1, 0.15) is 0 Å². The van der Waals surface area contributed by atoms with Gasteiger partial charge in [0.25, 0.3) is 5.78 Å². The van der Waals surface area contributed by atoms with Gasteiger partial charge in [-0.3, -0.25) is 19.2 Å². The number of carbonyl (C=O) groups is 4. The van der Waals surface area contributed by atoms with Crippen LogP contribution in [0.1, 0.15) is 78.6 Å². The predicted molar refractivity (Wildman–Crippen MR) is 98.1 cm³/mol. The van der Waals surface area contributed by atoms with E-state index in [1.807, 2.05) is 13.8 Å². The lowest BCUT2D eigenvalue weighted by atomic mass is 9.97. The van der Waals surface area contributed by atoms with Crippen LogP contribution in [0.5, 0.6) is 0 Å². The quantitative estimate of drug-likeness (QED) is 0.267. The first kappa shape index (κ1) is 23.4. The van der Waals surface area contributed by atoms with Crippen molar-refractivity contribution in [3.05, 3.63) is 0 Å². The second-order valence-corrected chi connectivity index (χ2v) is 6.54. The molecule has 2 unspecified atom stereocenters. The summed E-state index contributed by atoms with van der Waals surface area (Å²) in [6.45, 7) is 5.48. The monoisotopic (exact) mass is 354 g/mol. The molecule has 2 atom stereocenters. The van der Waals surface area contributed by atoms with Gasteiger partial charge in [-0.15, -0.1) is 0 Å². The third kappa shape index (κ3) is 9.48. The van der Waals surface area contributed by atoms with Crippen molar-refractivity contribution in [2.24, 2.45) is 11.7 Å². The fourth-order valence-electron chi connectivity index (χ4n) is 2.65. The first-order valence-corrected chi connectivity index (χ1v) is 9.53. The molecule has 0 aliphatic rings. The van der Waals surface area contributed by atoms with E-state index < -0.39 is 29.9 Å². The largest absolute Gasteiger partial charge is 0.348 e. The highest BCUT2D eigenvalue weighted by molar-refractivity contribution is 6.65. The van der Waals surface area contributed by atoms with Gasteiger partial charge in [-0.05, 0) is 19.3 Å². The number of Topliss-reactive ketones (excluding diaryl/α,β-unsaturated/α-hetero) is 3. The Hall–Kier alpha value is -1.56. The molecule has 6 heteroatoms. The first-order valence-electron chi connectivity index (χ1n) is 9.53. The molecule has 1 amide bonds. The molecule has 0 bridgehead atoms. The minimum atomic E-state index is -1.12. The standard InChI is InChI=1S/C19H34N2O4/c1-4-7-8-9-10-12-14(6-3)19(25)21-13-16(22)18(24)17(23)15(20)11-5-2/h14-15H,4-13,20H2,1-3H3,(H,21,25).